The molecule has 1 atom stereocenters. The molecule has 5 nitrogen and oxygen atoms in total. The molecule has 4 rings (SSSR count). The number of thioether (sulfide) groups is 1. The number of benzene rings is 3. The molecule has 0 saturated carbocycles. The molecule has 3 aromatic rings. The smallest absolute Gasteiger partial charge is 0.260 e. The molecule has 2 N–H and O–H groups in total. The van der Waals surface area contributed by atoms with Gasteiger partial charge in [-0.2, -0.15) is 0 Å². The van der Waals surface area contributed by atoms with Crippen LogP contribution in [0.15, 0.2) is 71.6 Å². The third-order valence-corrected chi connectivity index (χ3v) is 6.42. The molecular weight excluding hydrogens is 432 g/mol. The van der Waals surface area contributed by atoms with Crippen molar-refractivity contribution in [2.24, 2.45) is 0 Å². The summed E-state index contributed by atoms with van der Waals surface area (Å²) in [5.41, 5.74) is 5.23. The van der Waals surface area contributed by atoms with E-state index < -0.39 is 0 Å². The zero-order valence-electron chi connectivity index (χ0n) is 19.1. The first-order valence-electron chi connectivity index (χ1n) is 10.9. The number of hydrogen-bond donors (Lipinski definition) is 2. The van der Waals surface area contributed by atoms with E-state index in [1.54, 1.807) is 7.11 Å². The maximum atomic E-state index is 12.5. The predicted molar refractivity (Wildman–Crippen MR) is 135 cm³/mol. The standard InChI is InChI=1S/C27H28N2O3S/c1-4-19-9-12-22(13-10-19)28-27-29-26(30)25(33-27)16-21-11-14-23(24(15-21)31-3)32-17-20-7-5-18(2)6-8-20/h5-16,27-28H,4,17H2,1-3H3,(H,29,30)/b25-16-/t27-/m0/s1. The Hall–Kier alpha value is -3.38. The third kappa shape index (κ3) is 5.90. The van der Waals surface area contributed by atoms with Gasteiger partial charge in [0.2, 0.25) is 0 Å². The molecule has 0 bridgehead atoms. The normalized spacial score (nSPS) is 16.5. The SMILES string of the molecule is CCc1ccc(N[C@H]2NC(=O)/C(=C/c3ccc(OCc4ccc(C)cc4)c(OC)c3)S2)cc1. The van der Waals surface area contributed by atoms with Crippen molar-refractivity contribution in [1.29, 1.82) is 0 Å². The third-order valence-electron chi connectivity index (χ3n) is 5.39. The number of anilines is 1. The summed E-state index contributed by atoms with van der Waals surface area (Å²) in [6.07, 6.45) is 2.87. The van der Waals surface area contributed by atoms with Crippen LogP contribution >= 0.6 is 11.8 Å². The second-order valence-electron chi connectivity index (χ2n) is 7.86. The molecule has 0 aliphatic carbocycles. The van der Waals surface area contributed by atoms with Crippen LogP contribution in [0.1, 0.15) is 29.2 Å². The highest BCUT2D eigenvalue weighted by Gasteiger charge is 2.27. The molecule has 3 aromatic carbocycles. The van der Waals surface area contributed by atoms with Crippen LogP contribution in [0.3, 0.4) is 0 Å². The Morgan fingerprint density at radius 2 is 1.73 bits per heavy atom. The van der Waals surface area contributed by atoms with Crippen molar-refractivity contribution in [3.8, 4) is 11.5 Å². The fraction of sp³-hybridized carbons (Fsp3) is 0.222. The Kier molecular flexibility index (Phi) is 7.25. The lowest BCUT2D eigenvalue weighted by molar-refractivity contribution is -0.116. The minimum absolute atomic E-state index is 0.0960. The second kappa shape index (κ2) is 10.5. The van der Waals surface area contributed by atoms with Crippen LogP contribution in [0, 0.1) is 6.92 Å². The fourth-order valence-electron chi connectivity index (χ4n) is 3.44. The molecule has 0 radical (unpaired) electrons. The van der Waals surface area contributed by atoms with Gasteiger partial charge >= 0.3 is 0 Å². The van der Waals surface area contributed by atoms with E-state index in [1.807, 2.05) is 36.4 Å². The van der Waals surface area contributed by atoms with E-state index in [1.165, 1.54) is 22.9 Å². The van der Waals surface area contributed by atoms with Gasteiger partial charge in [0.05, 0.1) is 12.0 Å². The lowest BCUT2D eigenvalue weighted by Gasteiger charge is -2.13. The molecule has 6 heteroatoms. The molecule has 1 aliphatic rings. The minimum Gasteiger partial charge on any atom is -0.493 e. The fourth-order valence-corrected chi connectivity index (χ4v) is 4.43. The largest absolute Gasteiger partial charge is 0.493 e. The number of methoxy groups -OCH3 is 1. The zero-order chi connectivity index (χ0) is 23.2. The molecular formula is C27H28N2O3S. The van der Waals surface area contributed by atoms with Gasteiger partial charge in [0.1, 0.15) is 6.61 Å². The van der Waals surface area contributed by atoms with Gasteiger partial charge in [-0.05, 0) is 60.4 Å². The van der Waals surface area contributed by atoms with E-state index in [-0.39, 0.29) is 11.4 Å². The number of hydrogen-bond acceptors (Lipinski definition) is 5. The van der Waals surface area contributed by atoms with Crippen molar-refractivity contribution in [3.05, 3.63) is 93.9 Å². The van der Waals surface area contributed by atoms with Crippen LogP contribution in [-0.4, -0.2) is 18.5 Å². The summed E-state index contributed by atoms with van der Waals surface area (Å²) in [5.74, 6) is 1.20. The van der Waals surface area contributed by atoms with Crippen molar-refractivity contribution < 1.29 is 14.3 Å². The highest BCUT2D eigenvalue weighted by atomic mass is 32.2. The Balaban J connectivity index is 1.41. The highest BCUT2D eigenvalue weighted by molar-refractivity contribution is 8.05. The first-order chi connectivity index (χ1) is 16.0. The van der Waals surface area contributed by atoms with Gasteiger partial charge in [-0.15, -0.1) is 0 Å². The van der Waals surface area contributed by atoms with E-state index in [4.69, 9.17) is 9.47 Å². The summed E-state index contributed by atoms with van der Waals surface area (Å²) in [6.45, 7) is 4.65. The summed E-state index contributed by atoms with van der Waals surface area (Å²) in [6, 6.07) is 22.2. The first-order valence-corrected chi connectivity index (χ1v) is 11.8. The quantitative estimate of drug-likeness (QED) is 0.420. The van der Waals surface area contributed by atoms with Crippen LogP contribution in [0.25, 0.3) is 6.08 Å². The van der Waals surface area contributed by atoms with Crippen LogP contribution in [0.5, 0.6) is 11.5 Å². The molecule has 0 unspecified atom stereocenters. The van der Waals surface area contributed by atoms with Gasteiger partial charge in [-0.1, -0.05) is 66.7 Å². The molecule has 0 aromatic heterocycles. The lowest BCUT2D eigenvalue weighted by atomic mass is 10.1. The minimum atomic E-state index is -0.213. The topological polar surface area (TPSA) is 59.6 Å². The number of aryl methyl sites for hydroxylation is 2. The summed E-state index contributed by atoms with van der Waals surface area (Å²) < 4.78 is 11.5. The summed E-state index contributed by atoms with van der Waals surface area (Å²) in [4.78, 5) is 13.1. The zero-order valence-corrected chi connectivity index (χ0v) is 19.9. The van der Waals surface area contributed by atoms with Crippen LogP contribution in [0.2, 0.25) is 0 Å². The van der Waals surface area contributed by atoms with Gasteiger partial charge in [-0.25, -0.2) is 0 Å². The Bertz CT molecular complexity index is 1140. The van der Waals surface area contributed by atoms with Gasteiger partial charge < -0.3 is 20.1 Å². The number of amides is 1. The predicted octanol–water partition coefficient (Wildman–Crippen LogP) is 5.74. The average molecular weight is 461 g/mol. The Labute approximate surface area is 199 Å². The number of rotatable bonds is 8. The molecule has 1 aliphatic heterocycles. The molecule has 170 valence electrons. The van der Waals surface area contributed by atoms with E-state index in [9.17, 15) is 4.79 Å². The van der Waals surface area contributed by atoms with E-state index in [2.05, 4.69) is 60.9 Å². The first kappa shape index (κ1) is 22.8. The Morgan fingerprint density at radius 1 is 1.00 bits per heavy atom. The van der Waals surface area contributed by atoms with Crippen molar-refractivity contribution in [1.82, 2.24) is 5.32 Å². The van der Waals surface area contributed by atoms with Gasteiger partial charge in [0, 0.05) is 5.69 Å². The Morgan fingerprint density at radius 3 is 2.42 bits per heavy atom. The lowest BCUT2D eigenvalue weighted by Crippen LogP contribution is -2.30. The monoisotopic (exact) mass is 460 g/mol. The van der Waals surface area contributed by atoms with Crippen LogP contribution < -0.4 is 20.1 Å². The van der Waals surface area contributed by atoms with Crippen molar-refractivity contribution >= 4 is 29.4 Å². The highest BCUT2D eigenvalue weighted by Crippen LogP contribution is 2.33. The maximum Gasteiger partial charge on any atom is 0.260 e. The van der Waals surface area contributed by atoms with Crippen molar-refractivity contribution in [2.45, 2.75) is 32.4 Å². The molecule has 33 heavy (non-hydrogen) atoms. The second-order valence-corrected chi connectivity index (χ2v) is 9.01. The molecule has 1 heterocycles. The van der Waals surface area contributed by atoms with Gasteiger partial charge in [0.25, 0.3) is 5.91 Å². The van der Waals surface area contributed by atoms with Crippen molar-refractivity contribution in [3.63, 3.8) is 0 Å². The molecule has 1 fully saturated rings. The van der Waals surface area contributed by atoms with Gasteiger partial charge in [0.15, 0.2) is 17.0 Å². The summed E-state index contributed by atoms with van der Waals surface area (Å²) in [7, 11) is 1.62. The summed E-state index contributed by atoms with van der Waals surface area (Å²) >= 11 is 1.46. The van der Waals surface area contributed by atoms with Crippen molar-refractivity contribution in [2.75, 3.05) is 12.4 Å². The van der Waals surface area contributed by atoms with Gasteiger partial charge in [-0.3, -0.25) is 4.79 Å². The molecule has 1 amide bonds. The average Bonchev–Trinajstić information content (AvgIpc) is 3.17. The maximum absolute atomic E-state index is 12.5. The summed E-state index contributed by atoms with van der Waals surface area (Å²) in [5, 5.41) is 6.32. The van der Waals surface area contributed by atoms with E-state index in [0.29, 0.717) is 23.0 Å². The number of carbonyl (C=O) groups excluding carboxylic acids is 1. The van der Waals surface area contributed by atoms with E-state index >= 15 is 0 Å². The van der Waals surface area contributed by atoms with Crippen LogP contribution in [-0.2, 0) is 17.8 Å². The number of ether oxygens (including phenoxy) is 2. The van der Waals surface area contributed by atoms with E-state index in [0.717, 1.165) is 23.2 Å². The molecule has 0 spiro atoms. The van der Waals surface area contributed by atoms with Crippen LogP contribution in [0.4, 0.5) is 5.69 Å². The number of carbonyl (C=O) groups is 1. The number of nitrogens with one attached hydrogen (secondary N) is 2. The molecule has 1 saturated heterocycles.